The Labute approximate surface area is 149 Å². The van der Waals surface area contributed by atoms with Crippen LogP contribution in [0.1, 0.15) is 16.8 Å². The highest BCUT2D eigenvalue weighted by atomic mass is 19.4. The van der Waals surface area contributed by atoms with E-state index in [9.17, 15) is 26.7 Å². The largest absolute Gasteiger partial charge is 0.483 e. The fourth-order valence-corrected chi connectivity index (χ4v) is 2.67. The number of nitriles is 1. The molecule has 2 aromatic rings. The molecule has 1 amide bonds. The average Bonchev–Trinajstić information content (AvgIpc) is 2.58. The van der Waals surface area contributed by atoms with Crippen molar-refractivity contribution in [3.8, 4) is 11.8 Å². The van der Waals surface area contributed by atoms with Gasteiger partial charge in [-0.15, -0.1) is 0 Å². The van der Waals surface area contributed by atoms with Crippen LogP contribution < -0.4 is 9.64 Å². The maximum absolute atomic E-state index is 14.0. The normalized spacial score (nSPS) is 15.7. The first-order valence-corrected chi connectivity index (χ1v) is 7.53. The van der Waals surface area contributed by atoms with Gasteiger partial charge in [0.1, 0.15) is 11.8 Å². The van der Waals surface area contributed by atoms with E-state index in [1.165, 1.54) is 30.5 Å². The van der Waals surface area contributed by atoms with Gasteiger partial charge in [0.15, 0.2) is 5.75 Å². The van der Waals surface area contributed by atoms with Gasteiger partial charge in [0.25, 0.3) is 0 Å². The number of carbonyl (C=O) groups is 1. The number of alkyl halides is 5. The molecule has 0 N–H and O–H groups in total. The van der Waals surface area contributed by atoms with Crippen LogP contribution in [0.15, 0.2) is 36.5 Å². The first kappa shape index (κ1) is 18.6. The Morgan fingerprint density at radius 3 is 2.67 bits per heavy atom. The van der Waals surface area contributed by atoms with Crippen molar-refractivity contribution >= 4 is 11.6 Å². The molecule has 0 spiro atoms. The number of hydrogen-bond donors (Lipinski definition) is 0. The number of carbonyl (C=O) groups excluding carboxylic acids is 1. The summed E-state index contributed by atoms with van der Waals surface area (Å²) >= 11 is 0. The molecule has 0 bridgehead atoms. The second-order valence-corrected chi connectivity index (χ2v) is 5.73. The van der Waals surface area contributed by atoms with Gasteiger partial charge in [0.05, 0.1) is 18.7 Å². The topological polar surface area (TPSA) is 66.2 Å². The highest BCUT2D eigenvalue weighted by Gasteiger charge is 2.51. The number of rotatable bonds is 3. The summed E-state index contributed by atoms with van der Waals surface area (Å²) in [5, 5.41) is 8.87. The molecule has 0 atom stereocenters. The third-order valence-electron chi connectivity index (χ3n) is 3.76. The minimum Gasteiger partial charge on any atom is -0.423 e. The number of halogens is 5. The van der Waals surface area contributed by atoms with Gasteiger partial charge in [-0.3, -0.25) is 9.69 Å². The molecule has 140 valence electrons. The number of pyridine rings is 1. The zero-order chi connectivity index (χ0) is 19.8. The standard InChI is InChI=1S/C17H10F5N3O2/c18-16(19,20)7-11-2-1-3-13-14(11)27-17(21,22)15(26)25(13)9-10-4-5-24-12(6-10)8-23/h1-6H,7,9H2. The first-order valence-electron chi connectivity index (χ1n) is 7.53. The monoisotopic (exact) mass is 383 g/mol. The van der Waals surface area contributed by atoms with Gasteiger partial charge in [-0.1, -0.05) is 12.1 Å². The van der Waals surface area contributed by atoms with Gasteiger partial charge >= 0.3 is 18.2 Å². The van der Waals surface area contributed by atoms with Crippen LogP contribution in [0.25, 0.3) is 0 Å². The van der Waals surface area contributed by atoms with E-state index < -0.39 is 42.5 Å². The fraction of sp³-hybridized carbons (Fsp3) is 0.235. The fourth-order valence-electron chi connectivity index (χ4n) is 2.67. The molecule has 1 aromatic carbocycles. The number of para-hydroxylation sites is 1. The molecule has 2 heterocycles. The maximum atomic E-state index is 14.0. The summed E-state index contributed by atoms with van der Waals surface area (Å²) in [4.78, 5) is 16.5. The summed E-state index contributed by atoms with van der Waals surface area (Å²) in [6, 6.07) is 7.92. The van der Waals surface area contributed by atoms with Crippen LogP contribution in [0.3, 0.4) is 0 Å². The molecule has 5 nitrogen and oxygen atoms in total. The highest BCUT2D eigenvalue weighted by molar-refractivity contribution is 6.01. The Kier molecular flexibility index (Phi) is 4.47. The van der Waals surface area contributed by atoms with E-state index in [0.717, 1.165) is 6.07 Å². The molecule has 3 rings (SSSR count). The zero-order valence-electron chi connectivity index (χ0n) is 13.4. The molecule has 10 heteroatoms. The minimum absolute atomic E-state index is 0.00557. The second kappa shape index (κ2) is 6.50. The Bertz CT molecular complexity index is 937. The molecule has 0 saturated heterocycles. The van der Waals surface area contributed by atoms with Crippen LogP contribution >= 0.6 is 0 Å². The van der Waals surface area contributed by atoms with Gasteiger partial charge in [-0.25, -0.2) is 4.98 Å². The molecule has 1 aliphatic heterocycles. The predicted molar refractivity (Wildman–Crippen MR) is 81.9 cm³/mol. The Hall–Kier alpha value is -3.22. The molecule has 0 aliphatic carbocycles. The van der Waals surface area contributed by atoms with E-state index in [1.807, 2.05) is 0 Å². The Balaban J connectivity index is 2.06. The lowest BCUT2D eigenvalue weighted by molar-refractivity contribution is -0.193. The number of benzene rings is 1. The molecule has 0 radical (unpaired) electrons. The van der Waals surface area contributed by atoms with Crippen LogP contribution in [0.4, 0.5) is 27.6 Å². The average molecular weight is 383 g/mol. The molecule has 0 unspecified atom stereocenters. The minimum atomic E-state index is -4.65. The lowest BCUT2D eigenvalue weighted by Gasteiger charge is -2.34. The number of amides is 1. The molecular formula is C17H10F5N3O2. The Morgan fingerprint density at radius 1 is 1.26 bits per heavy atom. The van der Waals surface area contributed by atoms with Crippen molar-refractivity contribution in [1.82, 2.24) is 4.98 Å². The lowest BCUT2D eigenvalue weighted by Crippen LogP contribution is -2.50. The second-order valence-electron chi connectivity index (χ2n) is 5.73. The van der Waals surface area contributed by atoms with Crippen molar-refractivity contribution in [2.45, 2.75) is 25.3 Å². The van der Waals surface area contributed by atoms with Crippen molar-refractivity contribution in [2.24, 2.45) is 0 Å². The maximum Gasteiger partial charge on any atom is 0.483 e. The summed E-state index contributed by atoms with van der Waals surface area (Å²) in [5.74, 6) is -2.41. The van der Waals surface area contributed by atoms with E-state index in [-0.39, 0.29) is 11.4 Å². The molecule has 27 heavy (non-hydrogen) atoms. The first-order chi connectivity index (χ1) is 12.6. The van der Waals surface area contributed by atoms with Crippen molar-refractivity contribution < 1.29 is 31.5 Å². The van der Waals surface area contributed by atoms with E-state index in [1.54, 1.807) is 6.07 Å². The zero-order valence-corrected chi connectivity index (χ0v) is 13.4. The summed E-state index contributed by atoms with van der Waals surface area (Å²) < 4.78 is 70.6. The molecule has 0 fully saturated rings. The molecule has 1 aliphatic rings. The number of aromatic nitrogens is 1. The van der Waals surface area contributed by atoms with E-state index >= 15 is 0 Å². The van der Waals surface area contributed by atoms with Gasteiger partial charge in [-0.2, -0.15) is 27.2 Å². The van der Waals surface area contributed by atoms with Crippen LogP contribution in [0.2, 0.25) is 0 Å². The third kappa shape index (κ3) is 3.81. The van der Waals surface area contributed by atoms with Crippen molar-refractivity contribution in [3.05, 3.63) is 53.3 Å². The lowest BCUT2D eigenvalue weighted by atomic mass is 10.1. The van der Waals surface area contributed by atoms with Crippen LogP contribution in [-0.4, -0.2) is 23.2 Å². The number of fused-ring (bicyclic) bond motifs is 1. The van der Waals surface area contributed by atoms with E-state index in [4.69, 9.17) is 5.26 Å². The number of nitrogens with zero attached hydrogens (tertiary/aromatic N) is 3. The van der Waals surface area contributed by atoms with Gasteiger partial charge in [0, 0.05) is 11.8 Å². The summed E-state index contributed by atoms with van der Waals surface area (Å²) in [6.07, 6.45) is -9.19. The number of ether oxygens (including phenoxy) is 1. The van der Waals surface area contributed by atoms with E-state index in [2.05, 4.69) is 9.72 Å². The predicted octanol–water partition coefficient (Wildman–Crippen LogP) is 3.58. The quantitative estimate of drug-likeness (QED) is 0.760. The van der Waals surface area contributed by atoms with Crippen molar-refractivity contribution in [2.75, 3.05) is 4.90 Å². The SMILES string of the molecule is N#Cc1cc(CN2C(=O)C(F)(F)Oc3c(CC(F)(F)F)cccc32)ccn1. The molecule has 0 saturated carbocycles. The summed E-state index contributed by atoms with van der Waals surface area (Å²) in [6.45, 7) is -0.391. The van der Waals surface area contributed by atoms with Crippen LogP contribution in [0, 0.1) is 11.3 Å². The number of anilines is 1. The highest BCUT2D eigenvalue weighted by Crippen LogP contribution is 2.43. The van der Waals surface area contributed by atoms with Crippen molar-refractivity contribution in [3.63, 3.8) is 0 Å². The summed E-state index contributed by atoms with van der Waals surface area (Å²) in [7, 11) is 0. The summed E-state index contributed by atoms with van der Waals surface area (Å²) in [5.41, 5.74) is -0.404. The molecule has 1 aromatic heterocycles. The van der Waals surface area contributed by atoms with Gasteiger partial charge in [0.2, 0.25) is 0 Å². The third-order valence-corrected chi connectivity index (χ3v) is 3.76. The number of hydrogen-bond acceptors (Lipinski definition) is 4. The van der Waals surface area contributed by atoms with Gasteiger partial charge < -0.3 is 4.74 Å². The van der Waals surface area contributed by atoms with Crippen LogP contribution in [-0.2, 0) is 17.8 Å². The van der Waals surface area contributed by atoms with Gasteiger partial charge in [-0.05, 0) is 23.8 Å². The van der Waals surface area contributed by atoms with Crippen LogP contribution in [0.5, 0.6) is 5.75 Å². The van der Waals surface area contributed by atoms with E-state index in [0.29, 0.717) is 10.5 Å². The van der Waals surface area contributed by atoms with Crippen molar-refractivity contribution in [1.29, 1.82) is 5.26 Å². The Morgan fingerprint density at radius 2 is 2.00 bits per heavy atom. The smallest absolute Gasteiger partial charge is 0.423 e. The molecular weight excluding hydrogens is 373 g/mol.